The summed E-state index contributed by atoms with van der Waals surface area (Å²) >= 11 is 0. The molecule has 0 saturated carbocycles. The van der Waals surface area contributed by atoms with Gasteiger partial charge in [-0.05, 0) is 49.6 Å². The van der Waals surface area contributed by atoms with Crippen LogP contribution >= 0.6 is 0 Å². The van der Waals surface area contributed by atoms with Crippen LogP contribution in [0.1, 0.15) is 24.8 Å². The first-order valence-electron chi connectivity index (χ1n) is 8.38. The smallest absolute Gasteiger partial charge is 0.244 e. The molecule has 1 aliphatic heterocycles. The van der Waals surface area contributed by atoms with Gasteiger partial charge >= 0.3 is 0 Å². The van der Waals surface area contributed by atoms with Gasteiger partial charge in [-0.3, -0.25) is 0 Å². The zero-order valence-electron chi connectivity index (χ0n) is 14.5. The number of aromatic nitrogens is 1. The van der Waals surface area contributed by atoms with E-state index in [9.17, 15) is 8.42 Å². The molecule has 134 valence electrons. The van der Waals surface area contributed by atoms with Gasteiger partial charge in [0.05, 0.1) is 12.8 Å². The first-order chi connectivity index (χ1) is 12.0. The van der Waals surface area contributed by atoms with E-state index >= 15 is 0 Å². The fourth-order valence-corrected chi connectivity index (χ4v) is 4.38. The summed E-state index contributed by atoms with van der Waals surface area (Å²) in [4.78, 5) is 4.50. The number of methoxy groups -OCH3 is 1. The molecule has 0 unspecified atom stereocenters. The number of nitrogens with one attached hydrogen (secondary N) is 1. The minimum Gasteiger partial charge on any atom is -0.495 e. The molecule has 25 heavy (non-hydrogen) atoms. The molecule has 1 aromatic heterocycles. The maximum atomic E-state index is 12.6. The van der Waals surface area contributed by atoms with E-state index in [4.69, 9.17) is 4.74 Å². The van der Waals surface area contributed by atoms with Gasteiger partial charge in [0, 0.05) is 19.3 Å². The third kappa shape index (κ3) is 3.93. The van der Waals surface area contributed by atoms with Crippen LogP contribution in [0.25, 0.3) is 0 Å². The third-order valence-corrected chi connectivity index (χ3v) is 6.19. The van der Waals surface area contributed by atoms with E-state index in [-0.39, 0.29) is 4.90 Å². The first-order valence-corrected chi connectivity index (χ1v) is 9.82. The number of rotatable bonds is 5. The molecule has 3 rings (SSSR count). The van der Waals surface area contributed by atoms with E-state index in [2.05, 4.69) is 10.3 Å². The first kappa shape index (κ1) is 17.7. The van der Waals surface area contributed by atoms with Gasteiger partial charge in [-0.1, -0.05) is 12.5 Å². The van der Waals surface area contributed by atoms with Gasteiger partial charge in [0.1, 0.15) is 16.5 Å². The van der Waals surface area contributed by atoms with Crippen molar-refractivity contribution in [3.63, 3.8) is 0 Å². The van der Waals surface area contributed by atoms with Crippen LogP contribution in [0.2, 0.25) is 0 Å². The van der Waals surface area contributed by atoms with Crippen molar-refractivity contribution in [2.75, 3.05) is 25.5 Å². The number of hydrogen-bond donors (Lipinski definition) is 1. The van der Waals surface area contributed by atoms with Gasteiger partial charge in [-0.15, -0.1) is 0 Å². The van der Waals surface area contributed by atoms with Crippen molar-refractivity contribution in [3.05, 3.63) is 42.1 Å². The van der Waals surface area contributed by atoms with E-state index in [0.29, 0.717) is 24.7 Å². The maximum absolute atomic E-state index is 12.6. The number of nitrogens with zero attached hydrogens (tertiary/aromatic N) is 2. The highest BCUT2D eigenvalue weighted by Gasteiger charge is 2.26. The second-order valence-corrected chi connectivity index (χ2v) is 8.11. The van der Waals surface area contributed by atoms with Gasteiger partial charge < -0.3 is 10.1 Å². The second-order valence-electron chi connectivity index (χ2n) is 6.17. The summed E-state index contributed by atoms with van der Waals surface area (Å²) in [5, 5.41) is 3.18. The Hall–Kier alpha value is -2.12. The fraction of sp³-hybridized carbons (Fsp3) is 0.389. The van der Waals surface area contributed by atoms with Crippen LogP contribution in [-0.2, 0) is 10.0 Å². The molecule has 1 aliphatic rings. The fourth-order valence-electron chi connectivity index (χ4n) is 2.92. The lowest BCUT2D eigenvalue weighted by Gasteiger charge is -2.25. The van der Waals surface area contributed by atoms with E-state index in [1.807, 2.05) is 25.1 Å². The molecule has 6 nitrogen and oxygen atoms in total. The lowest BCUT2D eigenvalue weighted by atomic mass is 10.2. The minimum atomic E-state index is -3.45. The standard InChI is InChI=1S/C18H23N3O3S/c1-14-6-8-17(24-2)16(12-14)20-18-9-7-15(13-19-18)25(22,23)21-10-4-3-5-11-21/h6-9,12-13H,3-5,10-11H2,1-2H3,(H,19,20). The molecule has 1 aromatic carbocycles. The highest BCUT2D eigenvalue weighted by Crippen LogP contribution is 2.28. The summed E-state index contributed by atoms with van der Waals surface area (Å²) in [5.74, 6) is 1.28. The van der Waals surface area contributed by atoms with Crippen LogP contribution in [0.15, 0.2) is 41.4 Å². The molecule has 2 heterocycles. The number of anilines is 2. The number of pyridine rings is 1. The SMILES string of the molecule is COc1ccc(C)cc1Nc1ccc(S(=O)(=O)N2CCCCC2)cn1. The summed E-state index contributed by atoms with van der Waals surface area (Å²) in [6.07, 6.45) is 4.33. The monoisotopic (exact) mass is 361 g/mol. The molecule has 0 bridgehead atoms. The third-order valence-electron chi connectivity index (χ3n) is 4.31. The van der Waals surface area contributed by atoms with Crippen LogP contribution in [0.5, 0.6) is 5.75 Å². The van der Waals surface area contributed by atoms with Gasteiger partial charge in [0.15, 0.2) is 0 Å². The molecule has 2 aromatic rings. The quantitative estimate of drug-likeness (QED) is 0.884. The zero-order valence-corrected chi connectivity index (χ0v) is 15.3. The number of benzene rings is 1. The number of ether oxygens (including phenoxy) is 1. The minimum absolute atomic E-state index is 0.233. The summed E-state index contributed by atoms with van der Waals surface area (Å²) in [6, 6.07) is 9.08. The molecule has 0 amide bonds. The van der Waals surface area contributed by atoms with E-state index in [0.717, 1.165) is 30.5 Å². The molecule has 0 aliphatic carbocycles. The van der Waals surface area contributed by atoms with Crippen molar-refractivity contribution in [2.24, 2.45) is 0 Å². The topological polar surface area (TPSA) is 71.5 Å². The van der Waals surface area contributed by atoms with Crippen molar-refractivity contribution >= 4 is 21.5 Å². The normalized spacial score (nSPS) is 15.8. The number of hydrogen-bond acceptors (Lipinski definition) is 5. The molecule has 1 fully saturated rings. The second kappa shape index (κ2) is 7.41. The summed E-state index contributed by atoms with van der Waals surface area (Å²) in [5.41, 5.74) is 1.88. The summed E-state index contributed by atoms with van der Waals surface area (Å²) in [7, 11) is -1.84. The molecular formula is C18H23N3O3S. The highest BCUT2D eigenvalue weighted by atomic mass is 32.2. The molecule has 0 radical (unpaired) electrons. The molecular weight excluding hydrogens is 338 g/mol. The van der Waals surface area contributed by atoms with Gasteiger partial charge in [-0.2, -0.15) is 4.31 Å². The predicted octanol–water partition coefficient (Wildman–Crippen LogP) is 3.32. The molecule has 1 saturated heterocycles. The van der Waals surface area contributed by atoms with E-state index in [1.54, 1.807) is 23.5 Å². The Morgan fingerprint density at radius 3 is 2.52 bits per heavy atom. The van der Waals surface area contributed by atoms with Crippen molar-refractivity contribution < 1.29 is 13.2 Å². The van der Waals surface area contributed by atoms with Crippen LogP contribution in [-0.4, -0.2) is 37.9 Å². The van der Waals surface area contributed by atoms with E-state index < -0.39 is 10.0 Å². The Balaban J connectivity index is 1.80. The Morgan fingerprint density at radius 2 is 1.88 bits per heavy atom. The van der Waals surface area contributed by atoms with Crippen molar-refractivity contribution in [1.29, 1.82) is 0 Å². The number of sulfonamides is 1. The predicted molar refractivity (Wildman–Crippen MR) is 97.9 cm³/mol. The van der Waals surface area contributed by atoms with Gasteiger partial charge in [0.2, 0.25) is 10.0 Å². The molecule has 0 spiro atoms. The van der Waals surface area contributed by atoms with Crippen LogP contribution in [0.4, 0.5) is 11.5 Å². The summed E-state index contributed by atoms with van der Waals surface area (Å²) in [6.45, 7) is 3.16. The Morgan fingerprint density at radius 1 is 1.12 bits per heavy atom. The van der Waals surface area contributed by atoms with Crippen LogP contribution in [0, 0.1) is 6.92 Å². The number of piperidine rings is 1. The highest BCUT2D eigenvalue weighted by molar-refractivity contribution is 7.89. The average molecular weight is 361 g/mol. The molecule has 0 atom stereocenters. The van der Waals surface area contributed by atoms with Crippen molar-refractivity contribution in [2.45, 2.75) is 31.1 Å². The lowest BCUT2D eigenvalue weighted by Crippen LogP contribution is -2.35. The van der Waals surface area contributed by atoms with Gasteiger partial charge in [0.25, 0.3) is 0 Å². The Kier molecular flexibility index (Phi) is 5.24. The maximum Gasteiger partial charge on any atom is 0.244 e. The lowest BCUT2D eigenvalue weighted by molar-refractivity contribution is 0.346. The molecule has 7 heteroatoms. The van der Waals surface area contributed by atoms with Crippen molar-refractivity contribution in [1.82, 2.24) is 9.29 Å². The van der Waals surface area contributed by atoms with Crippen LogP contribution in [0.3, 0.4) is 0 Å². The van der Waals surface area contributed by atoms with E-state index in [1.165, 1.54) is 6.20 Å². The average Bonchev–Trinajstić information content (AvgIpc) is 2.63. The van der Waals surface area contributed by atoms with Gasteiger partial charge in [-0.25, -0.2) is 13.4 Å². The number of aryl methyl sites for hydroxylation is 1. The van der Waals surface area contributed by atoms with Crippen LogP contribution < -0.4 is 10.1 Å². The molecule has 1 N–H and O–H groups in total. The Labute approximate surface area is 148 Å². The zero-order chi connectivity index (χ0) is 17.9. The summed E-state index contributed by atoms with van der Waals surface area (Å²) < 4.78 is 32.2. The largest absolute Gasteiger partial charge is 0.495 e. The Bertz CT molecular complexity index is 829. The van der Waals surface area contributed by atoms with Crippen molar-refractivity contribution in [3.8, 4) is 5.75 Å².